The molecule has 18 heavy (non-hydrogen) atoms. The first-order valence-electron chi connectivity index (χ1n) is 6.65. The Labute approximate surface area is 114 Å². The van der Waals surface area contributed by atoms with Crippen molar-refractivity contribution in [1.82, 2.24) is 4.90 Å². The summed E-state index contributed by atoms with van der Waals surface area (Å²) in [7, 11) is 1.79. The molecule has 0 aliphatic carbocycles. The summed E-state index contributed by atoms with van der Waals surface area (Å²) in [4.78, 5) is 5.32. The van der Waals surface area contributed by atoms with Crippen LogP contribution in [0.3, 0.4) is 0 Å². The van der Waals surface area contributed by atoms with Gasteiger partial charge in [0.2, 0.25) is 0 Å². The van der Waals surface area contributed by atoms with Crippen LogP contribution in [-0.4, -0.2) is 38.3 Å². The van der Waals surface area contributed by atoms with Crippen molar-refractivity contribution in [1.29, 1.82) is 0 Å². The number of methoxy groups -OCH3 is 1. The summed E-state index contributed by atoms with van der Waals surface area (Å²) in [6, 6.07) is 2.69. The lowest BCUT2D eigenvalue weighted by Crippen LogP contribution is -2.32. The van der Waals surface area contributed by atoms with Gasteiger partial charge >= 0.3 is 0 Å². The van der Waals surface area contributed by atoms with Gasteiger partial charge in [-0.15, -0.1) is 11.3 Å². The lowest BCUT2D eigenvalue weighted by Gasteiger charge is -2.27. The van der Waals surface area contributed by atoms with Gasteiger partial charge in [-0.3, -0.25) is 4.90 Å². The topological polar surface area (TPSA) is 38.5 Å². The molecule has 4 heteroatoms. The van der Waals surface area contributed by atoms with Crippen LogP contribution in [0.15, 0.2) is 6.07 Å². The third-order valence-electron chi connectivity index (χ3n) is 3.82. The van der Waals surface area contributed by atoms with E-state index in [1.165, 1.54) is 21.7 Å². The molecule has 0 bridgehead atoms. The second-order valence-corrected chi connectivity index (χ2v) is 6.69. The molecule has 1 saturated heterocycles. The van der Waals surface area contributed by atoms with E-state index in [1.54, 1.807) is 7.11 Å². The smallest absolute Gasteiger partial charge is 0.0503 e. The van der Waals surface area contributed by atoms with Crippen molar-refractivity contribution < 1.29 is 4.74 Å². The van der Waals surface area contributed by atoms with Crippen LogP contribution in [-0.2, 0) is 4.74 Å². The largest absolute Gasteiger partial charge is 0.384 e. The number of hydrogen-bond donors (Lipinski definition) is 1. The van der Waals surface area contributed by atoms with Crippen molar-refractivity contribution in [3.8, 4) is 0 Å². The molecule has 0 radical (unpaired) electrons. The van der Waals surface area contributed by atoms with Crippen molar-refractivity contribution in [2.24, 2.45) is 11.7 Å². The van der Waals surface area contributed by atoms with Crippen molar-refractivity contribution in [3.05, 3.63) is 21.4 Å². The minimum Gasteiger partial charge on any atom is -0.384 e. The molecular weight excluding hydrogens is 244 g/mol. The van der Waals surface area contributed by atoms with Gasteiger partial charge in [-0.2, -0.15) is 0 Å². The minimum atomic E-state index is 0.386. The van der Waals surface area contributed by atoms with Gasteiger partial charge in [0.25, 0.3) is 0 Å². The Morgan fingerprint density at radius 2 is 2.33 bits per heavy atom. The van der Waals surface area contributed by atoms with Gasteiger partial charge in [0.05, 0.1) is 6.61 Å². The fourth-order valence-corrected chi connectivity index (χ4v) is 3.95. The van der Waals surface area contributed by atoms with Crippen LogP contribution in [0.25, 0.3) is 0 Å². The summed E-state index contributed by atoms with van der Waals surface area (Å²) in [5.41, 5.74) is 7.44. The van der Waals surface area contributed by atoms with Gasteiger partial charge < -0.3 is 10.5 Å². The molecule has 0 aromatic carbocycles. The molecule has 2 unspecified atom stereocenters. The number of ether oxygens (including phenoxy) is 1. The third kappa shape index (κ3) is 2.94. The average molecular weight is 268 g/mol. The molecule has 0 amide bonds. The SMILES string of the molecule is COCC1CCN(C(CN)c2cc(C)sc2C)C1. The molecule has 1 aliphatic heterocycles. The maximum atomic E-state index is 6.01. The minimum absolute atomic E-state index is 0.386. The fraction of sp³-hybridized carbons (Fsp3) is 0.714. The standard InChI is InChI=1S/C14H24N2OS/c1-10-6-13(11(2)18-10)14(7-15)16-5-4-12(8-16)9-17-3/h6,12,14H,4-5,7-9,15H2,1-3H3. The van der Waals surface area contributed by atoms with Crippen LogP contribution in [0.4, 0.5) is 0 Å². The molecule has 2 rings (SSSR count). The number of likely N-dealkylation sites (tertiary alicyclic amines) is 1. The molecule has 1 fully saturated rings. The summed E-state index contributed by atoms with van der Waals surface area (Å²) in [6.07, 6.45) is 1.23. The van der Waals surface area contributed by atoms with Crippen LogP contribution < -0.4 is 5.73 Å². The first-order chi connectivity index (χ1) is 8.65. The van der Waals surface area contributed by atoms with Gasteiger partial charge in [0.1, 0.15) is 0 Å². The van der Waals surface area contributed by atoms with Gasteiger partial charge in [0.15, 0.2) is 0 Å². The second kappa shape index (κ2) is 6.15. The number of hydrogen-bond acceptors (Lipinski definition) is 4. The summed E-state index contributed by atoms with van der Waals surface area (Å²) in [6.45, 7) is 8.21. The summed E-state index contributed by atoms with van der Waals surface area (Å²) in [5.74, 6) is 0.670. The Morgan fingerprint density at radius 3 is 2.89 bits per heavy atom. The number of aryl methyl sites for hydroxylation is 2. The molecular formula is C14H24N2OS. The van der Waals surface area contributed by atoms with Crippen molar-refractivity contribution in [2.45, 2.75) is 26.3 Å². The molecule has 2 heterocycles. The fourth-order valence-electron chi connectivity index (χ4n) is 2.97. The predicted octanol–water partition coefficient (Wildman–Crippen LogP) is 2.33. The van der Waals surface area contributed by atoms with Crippen LogP contribution in [0, 0.1) is 19.8 Å². The third-order valence-corrected chi connectivity index (χ3v) is 4.80. The summed E-state index contributed by atoms with van der Waals surface area (Å²) < 4.78 is 5.27. The first kappa shape index (κ1) is 14.0. The second-order valence-electron chi connectivity index (χ2n) is 5.23. The van der Waals surface area contributed by atoms with Crippen LogP contribution in [0.5, 0.6) is 0 Å². The average Bonchev–Trinajstić information content (AvgIpc) is 2.89. The number of nitrogens with two attached hydrogens (primary N) is 1. The number of rotatable bonds is 5. The van der Waals surface area contributed by atoms with E-state index >= 15 is 0 Å². The Hall–Kier alpha value is -0.420. The van der Waals surface area contributed by atoms with Gasteiger partial charge in [0, 0.05) is 36.0 Å². The molecule has 1 aromatic heterocycles. The Kier molecular flexibility index (Phi) is 4.78. The van der Waals surface area contributed by atoms with Crippen molar-refractivity contribution in [3.63, 3.8) is 0 Å². The monoisotopic (exact) mass is 268 g/mol. The first-order valence-corrected chi connectivity index (χ1v) is 7.47. The maximum Gasteiger partial charge on any atom is 0.0503 e. The van der Waals surface area contributed by atoms with Crippen LogP contribution >= 0.6 is 11.3 Å². The summed E-state index contributed by atoms with van der Waals surface area (Å²) in [5, 5.41) is 0. The van der Waals surface area contributed by atoms with E-state index in [0.717, 1.165) is 19.7 Å². The maximum absolute atomic E-state index is 6.01. The van der Waals surface area contributed by atoms with E-state index in [9.17, 15) is 0 Å². The predicted molar refractivity (Wildman–Crippen MR) is 77.1 cm³/mol. The highest BCUT2D eigenvalue weighted by atomic mass is 32.1. The molecule has 1 aromatic rings. The molecule has 2 atom stereocenters. The quantitative estimate of drug-likeness (QED) is 0.891. The molecule has 102 valence electrons. The molecule has 0 spiro atoms. The Balaban J connectivity index is 2.08. The van der Waals surface area contributed by atoms with Crippen molar-refractivity contribution in [2.75, 3.05) is 33.4 Å². The molecule has 0 saturated carbocycles. The molecule has 3 nitrogen and oxygen atoms in total. The van der Waals surface area contributed by atoms with Gasteiger partial charge in [-0.1, -0.05) is 0 Å². The van der Waals surface area contributed by atoms with E-state index in [4.69, 9.17) is 10.5 Å². The number of nitrogens with zero attached hydrogens (tertiary/aromatic N) is 1. The highest BCUT2D eigenvalue weighted by Crippen LogP contribution is 2.32. The van der Waals surface area contributed by atoms with E-state index in [1.807, 2.05) is 11.3 Å². The van der Waals surface area contributed by atoms with E-state index in [2.05, 4.69) is 24.8 Å². The molecule has 2 N–H and O–H groups in total. The van der Waals surface area contributed by atoms with E-state index in [-0.39, 0.29) is 0 Å². The van der Waals surface area contributed by atoms with E-state index < -0.39 is 0 Å². The summed E-state index contributed by atoms with van der Waals surface area (Å²) >= 11 is 1.88. The van der Waals surface area contributed by atoms with Gasteiger partial charge in [-0.25, -0.2) is 0 Å². The normalized spacial score (nSPS) is 22.6. The Morgan fingerprint density at radius 1 is 1.56 bits per heavy atom. The van der Waals surface area contributed by atoms with Gasteiger partial charge in [-0.05, 0) is 44.4 Å². The Bertz CT molecular complexity index is 391. The lowest BCUT2D eigenvalue weighted by atomic mass is 10.1. The highest BCUT2D eigenvalue weighted by molar-refractivity contribution is 7.12. The van der Waals surface area contributed by atoms with E-state index in [0.29, 0.717) is 18.5 Å². The number of thiophene rings is 1. The zero-order valence-electron chi connectivity index (χ0n) is 11.6. The lowest BCUT2D eigenvalue weighted by molar-refractivity contribution is 0.147. The zero-order chi connectivity index (χ0) is 13.1. The zero-order valence-corrected chi connectivity index (χ0v) is 12.4. The molecule has 1 aliphatic rings. The van der Waals surface area contributed by atoms with Crippen molar-refractivity contribution >= 4 is 11.3 Å². The van der Waals surface area contributed by atoms with Crippen LogP contribution in [0.2, 0.25) is 0 Å². The van der Waals surface area contributed by atoms with Crippen LogP contribution in [0.1, 0.15) is 27.8 Å². The highest BCUT2D eigenvalue weighted by Gasteiger charge is 2.29.